The minimum absolute atomic E-state index is 0.0217. The molecular formula is C42H62O16. The van der Waals surface area contributed by atoms with Gasteiger partial charge in [-0.25, -0.2) is 9.59 Å². The van der Waals surface area contributed by atoms with Crippen molar-refractivity contribution in [2.45, 2.75) is 174 Å². The zero-order valence-corrected chi connectivity index (χ0v) is 34.4. The monoisotopic (exact) mass is 822 g/mol. The molecule has 5 aliphatic carbocycles. The van der Waals surface area contributed by atoms with Gasteiger partial charge in [0.25, 0.3) is 0 Å². The van der Waals surface area contributed by atoms with Crippen LogP contribution >= 0.6 is 0 Å². The first kappa shape index (κ1) is 43.5. The van der Waals surface area contributed by atoms with Crippen LogP contribution in [-0.2, 0) is 38.1 Å². The molecule has 16 nitrogen and oxygen atoms in total. The van der Waals surface area contributed by atoms with Crippen LogP contribution in [0.5, 0.6) is 0 Å². The summed E-state index contributed by atoms with van der Waals surface area (Å²) in [4.78, 5) is 51.3. The van der Waals surface area contributed by atoms with Crippen LogP contribution in [0.4, 0.5) is 0 Å². The predicted molar refractivity (Wildman–Crippen MR) is 199 cm³/mol. The van der Waals surface area contributed by atoms with Crippen molar-refractivity contribution in [2.24, 2.45) is 50.2 Å². The molecule has 8 N–H and O–H groups in total. The number of hydrogen-bond acceptors (Lipinski definition) is 13. The van der Waals surface area contributed by atoms with Crippen molar-refractivity contribution in [3.63, 3.8) is 0 Å². The lowest BCUT2D eigenvalue weighted by molar-refractivity contribution is -0.371. The zero-order chi connectivity index (χ0) is 42.9. The number of carboxylic acid groups (broad SMARTS) is 3. The van der Waals surface area contributed by atoms with E-state index in [-0.39, 0.29) is 34.4 Å². The van der Waals surface area contributed by atoms with Crippen LogP contribution < -0.4 is 0 Å². The Labute approximate surface area is 337 Å². The van der Waals surface area contributed by atoms with Gasteiger partial charge in [0.1, 0.15) is 36.6 Å². The molecule has 19 atom stereocenters. The van der Waals surface area contributed by atoms with Crippen LogP contribution in [0.15, 0.2) is 11.6 Å². The van der Waals surface area contributed by atoms with E-state index in [4.69, 9.17) is 18.9 Å². The summed E-state index contributed by atoms with van der Waals surface area (Å²) in [5, 5.41) is 83.0. The lowest BCUT2D eigenvalue weighted by Gasteiger charge is -2.70. The second-order valence-electron chi connectivity index (χ2n) is 20.6. The highest BCUT2D eigenvalue weighted by molar-refractivity contribution is 5.95. The number of carboxylic acids is 3. The van der Waals surface area contributed by atoms with Gasteiger partial charge in [0, 0.05) is 5.92 Å². The second-order valence-corrected chi connectivity index (χ2v) is 20.6. The number of aliphatic carboxylic acids is 3. The minimum atomic E-state index is -2.05. The molecule has 7 rings (SSSR count). The molecule has 2 saturated heterocycles. The first-order valence-corrected chi connectivity index (χ1v) is 20.7. The van der Waals surface area contributed by atoms with Gasteiger partial charge in [0.2, 0.25) is 0 Å². The number of rotatable bonds is 7. The topological polar surface area (TPSA) is 267 Å². The number of fused-ring (bicyclic) bond motifs is 7. The minimum Gasteiger partial charge on any atom is -0.481 e. The van der Waals surface area contributed by atoms with E-state index < -0.39 is 107 Å². The summed E-state index contributed by atoms with van der Waals surface area (Å²) in [6, 6.07) is 0. The number of ether oxygens (including phenoxy) is 4. The number of carbonyl (C=O) groups excluding carboxylic acids is 1. The molecule has 0 radical (unpaired) electrons. The smallest absolute Gasteiger partial charge is 0.335 e. The highest BCUT2D eigenvalue weighted by atomic mass is 16.8. The van der Waals surface area contributed by atoms with Gasteiger partial charge < -0.3 is 59.8 Å². The molecule has 0 amide bonds. The van der Waals surface area contributed by atoms with Crippen molar-refractivity contribution in [2.75, 3.05) is 0 Å². The Morgan fingerprint density at radius 1 is 0.690 bits per heavy atom. The maximum Gasteiger partial charge on any atom is 0.335 e. The molecule has 0 spiro atoms. The fraction of sp³-hybridized carbons (Fsp3) is 0.857. The Kier molecular flexibility index (Phi) is 10.7. The zero-order valence-electron chi connectivity index (χ0n) is 34.4. The van der Waals surface area contributed by atoms with Gasteiger partial charge in [-0.3, -0.25) is 9.59 Å². The standard InChI is InChI=1S/C42H62O16/c1-37(2)21-8-11-42(7)31(20(43)16-18-19-17-39(4,36(53)54)13-12-38(19,3)14-15-41(18,42)6)40(21,5)10-9-22(37)55-35-30(26(47)25(46)29(57-35)33(51)52)58-34-27(48)23(44)24(45)28(56-34)32(49)50/h16,19,21-31,34-35,44-48H,8-15,17H2,1-7H3,(H,49,50)(H,51,52)(H,53,54)/t19-,21+,22+,23?,24+,25+,26?,27+,28?,29?,30+,31-,34+,35+,38-,39+,40+,41-,42-/m1/s1. The first-order chi connectivity index (χ1) is 26.8. The number of carbonyl (C=O) groups is 4. The van der Waals surface area contributed by atoms with Gasteiger partial charge in [0.15, 0.2) is 30.6 Å². The molecule has 7 aliphatic rings. The fourth-order valence-electron chi connectivity index (χ4n) is 13.4. The van der Waals surface area contributed by atoms with Crippen molar-refractivity contribution in [3.05, 3.63) is 11.6 Å². The fourth-order valence-corrected chi connectivity index (χ4v) is 13.4. The van der Waals surface area contributed by atoms with Crippen LogP contribution in [0.2, 0.25) is 0 Å². The Morgan fingerprint density at radius 3 is 1.88 bits per heavy atom. The second kappa shape index (κ2) is 14.3. The van der Waals surface area contributed by atoms with Gasteiger partial charge in [-0.15, -0.1) is 0 Å². The largest absolute Gasteiger partial charge is 0.481 e. The van der Waals surface area contributed by atoms with Crippen LogP contribution in [0.25, 0.3) is 0 Å². The third kappa shape index (κ3) is 6.25. The lowest BCUT2D eigenvalue weighted by Crippen LogP contribution is -2.68. The van der Waals surface area contributed by atoms with Gasteiger partial charge in [-0.05, 0) is 110 Å². The van der Waals surface area contributed by atoms with Crippen LogP contribution in [0.1, 0.15) is 106 Å². The Hall–Kier alpha value is -2.54. The van der Waals surface area contributed by atoms with Gasteiger partial charge in [-0.1, -0.05) is 47.1 Å². The average Bonchev–Trinajstić information content (AvgIpc) is 3.13. The molecule has 16 heteroatoms. The molecule has 0 aromatic rings. The van der Waals surface area contributed by atoms with Gasteiger partial charge in [-0.2, -0.15) is 0 Å². The normalized spacial score (nSPS) is 52.6. The van der Waals surface area contributed by atoms with E-state index in [0.717, 1.165) is 37.7 Å². The van der Waals surface area contributed by atoms with E-state index in [1.807, 2.05) is 26.8 Å². The van der Waals surface area contributed by atoms with Gasteiger partial charge >= 0.3 is 17.9 Å². The molecule has 2 aliphatic heterocycles. The Morgan fingerprint density at radius 2 is 1.28 bits per heavy atom. The van der Waals surface area contributed by atoms with Crippen molar-refractivity contribution in [1.82, 2.24) is 0 Å². The number of allylic oxidation sites excluding steroid dienone is 2. The van der Waals surface area contributed by atoms with Crippen molar-refractivity contribution in [1.29, 1.82) is 0 Å². The number of ketones is 1. The van der Waals surface area contributed by atoms with Crippen molar-refractivity contribution in [3.8, 4) is 0 Å². The first-order valence-electron chi connectivity index (χ1n) is 20.7. The maximum atomic E-state index is 14.8. The predicted octanol–water partition coefficient (Wildman–Crippen LogP) is 2.25. The number of hydrogen-bond donors (Lipinski definition) is 8. The van der Waals surface area contributed by atoms with E-state index in [1.165, 1.54) is 0 Å². The molecule has 6 fully saturated rings. The van der Waals surface area contributed by atoms with Crippen molar-refractivity contribution >= 4 is 23.7 Å². The molecule has 4 unspecified atom stereocenters. The van der Waals surface area contributed by atoms with E-state index in [9.17, 15) is 60.0 Å². The number of aliphatic hydroxyl groups is 5. The molecule has 326 valence electrons. The van der Waals surface area contributed by atoms with E-state index in [0.29, 0.717) is 25.7 Å². The summed E-state index contributed by atoms with van der Waals surface area (Å²) in [6.07, 6.45) is -12.2. The summed E-state index contributed by atoms with van der Waals surface area (Å²) in [5.41, 5.74) is -1.81. The Bertz CT molecular complexity index is 1730. The average molecular weight is 823 g/mol. The highest BCUT2D eigenvalue weighted by Crippen LogP contribution is 2.75. The summed E-state index contributed by atoms with van der Waals surface area (Å²) in [7, 11) is 0. The van der Waals surface area contributed by atoms with Crippen molar-refractivity contribution < 1.29 is 79.0 Å². The quantitative estimate of drug-likeness (QED) is 0.171. The summed E-state index contributed by atoms with van der Waals surface area (Å²) in [6.45, 7) is 14.8. The molecule has 58 heavy (non-hydrogen) atoms. The van der Waals surface area contributed by atoms with E-state index in [1.54, 1.807) is 0 Å². The van der Waals surface area contributed by atoms with Crippen LogP contribution in [0.3, 0.4) is 0 Å². The molecule has 2 heterocycles. The van der Waals surface area contributed by atoms with E-state index >= 15 is 0 Å². The summed E-state index contributed by atoms with van der Waals surface area (Å²) < 4.78 is 23.4. The lowest BCUT2D eigenvalue weighted by atomic mass is 9.33. The summed E-state index contributed by atoms with van der Waals surface area (Å²) >= 11 is 0. The third-order valence-corrected chi connectivity index (χ3v) is 17.2. The molecule has 0 aromatic carbocycles. The molecular weight excluding hydrogens is 760 g/mol. The number of aliphatic hydroxyl groups excluding tert-OH is 5. The van der Waals surface area contributed by atoms with Gasteiger partial charge in [0.05, 0.1) is 11.5 Å². The highest BCUT2D eigenvalue weighted by Gasteiger charge is 2.71. The Balaban J connectivity index is 1.17. The SMILES string of the molecule is CC1(C)[C@@H](O[C@H]2OC(C(=O)O)[C@@H](O)C(O)[C@@H]2O[C@@H]2OC(C(=O)O)[C@@H](O)C(O)[C@@H]2O)CC[C@]2(C)[C@H]3C(=O)C=C4[C@H]5C[C@@](C)(C(=O)O)CC[C@]5(C)CC[C@@]4(C)[C@]3(C)CC[C@@H]12. The van der Waals surface area contributed by atoms with E-state index in [2.05, 4.69) is 27.7 Å². The van der Waals surface area contributed by atoms with Crippen LogP contribution in [0, 0.1) is 50.2 Å². The maximum absolute atomic E-state index is 14.8. The molecule has 0 bridgehead atoms. The summed E-state index contributed by atoms with van der Waals surface area (Å²) in [5.74, 6) is -4.47. The molecule has 4 saturated carbocycles. The third-order valence-electron chi connectivity index (χ3n) is 17.2. The molecule has 0 aromatic heterocycles. The van der Waals surface area contributed by atoms with Crippen LogP contribution in [-0.4, -0.2) is 132 Å².